The summed E-state index contributed by atoms with van der Waals surface area (Å²) in [4.78, 5) is 19.3. The van der Waals surface area contributed by atoms with Gasteiger partial charge in [0.25, 0.3) is 0 Å². The molecule has 1 amide bonds. The number of nitrogens with one attached hydrogen (secondary N) is 1. The van der Waals surface area contributed by atoms with Crippen molar-refractivity contribution in [1.29, 1.82) is 0 Å². The fraction of sp³-hybridized carbons (Fsp3) is 0.211. The lowest BCUT2D eigenvalue weighted by molar-refractivity contribution is 0.100. The summed E-state index contributed by atoms with van der Waals surface area (Å²) in [5.41, 5.74) is 12.3. The molecule has 2 aromatic carbocycles. The van der Waals surface area contributed by atoms with E-state index in [1.165, 1.54) is 24.3 Å². The average molecular weight is 535 g/mol. The highest BCUT2D eigenvalue weighted by atomic mass is 32.2. The number of amides is 1. The number of amidine groups is 1. The van der Waals surface area contributed by atoms with E-state index >= 15 is 0 Å². The molecule has 2 aliphatic rings. The Bertz CT molecular complexity index is 1690. The van der Waals surface area contributed by atoms with Crippen molar-refractivity contribution < 1.29 is 21.6 Å². The predicted octanol–water partition coefficient (Wildman–Crippen LogP) is 0.207. The van der Waals surface area contributed by atoms with Crippen LogP contribution in [0.3, 0.4) is 0 Å². The number of anilines is 1. The van der Waals surface area contributed by atoms with E-state index in [-0.39, 0.29) is 52.9 Å². The Balaban J connectivity index is 1.90. The SMILES string of the molecule is NC(=O)c1ccc(-c2ccc(S(=O)(=O)C3CNC3)c(S(N)(=O)=O)c2C2=NCN=N2)c2nc(N)sc12. The van der Waals surface area contributed by atoms with Crippen LogP contribution < -0.4 is 21.9 Å². The van der Waals surface area contributed by atoms with Gasteiger partial charge in [-0.2, -0.15) is 5.11 Å². The lowest BCUT2D eigenvalue weighted by Crippen LogP contribution is -2.51. The van der Waals surface area contributed by atoms with Crippen molar-refractivity contribution in [2.75, 3.05) is 25.5 Å². The van der Waals surface area contributed by atoms with Crippen molar-refractivity contribution in [2.24, 2.45) is 26.1 Å². The normalized spacial score (nSPS) is 16.4. The van der Waals surface area contributed by atoms with E-state index in [1.54, 1.807) is 0 Å². The number of benzene rings is 2. The van der Waals surface area contributed by atoms with Crippen LogP contribution in [-0.4, -0.2) is 58.6 Å². The number of aliphatic imine (C=N–C) groups is 1. The number of sulfone groups is 1. The van der Waals surface area contributed by atoms with Crippen LogP contribution in [0.1, 0.15) is 15.9 Å². The number of nitrogens with zero attached hydrogens (tertiary/aromatic N) is 4. The Morgan fingerprint density at radius 2 is 1.80 bits per heavy atom. The number of rotatable bonds is 6. The van der Waals surface area contributed by atoms with Crippen LogP contribution in [0, 0.1) is 0 Å². The van der Waals surface area contributed by atoms with Crippen molar-refractivity contribution in [3.63, 3.8) is 0 Å². The second-order valence-electron chi connectivity index (χ2n) is 7.80. The largest absolute Gasteiger partial charge is 0.375 e. The van der Waals surface area contributed by atoms with Crippen LogP contribution in [0.25, 0.3) is 21.3 Å². The standard InChI is InChI=1S/C19H18N8O5S3/c20-17(28)11-2-1-10(14-15(11)33-19(21)26-14)9-3-4-12(34(29,30)8-5-23-6-8)16(35(22,31)32)13(9)18-24-7-25-27-18/h1-4,8,23H,5-7H2,(H2,20,28)(H2,21,26)(H2,22,31,32). The van der Waals surface area contributed by atoms with Gasteiger partial charge in [-0.3, -0.25) is 4.79 Å². The zero-order valence-electron chi connectivity index (χ0n) is 17.8. The lowest BCUT2D eigenvalue weighted by Gasteiger charge is -2.28. The summed E-state index contributed by atoms with van der Waals surface area (Å²) in [7, 11) is -8.67. The minimum atomic E-state index is -4.60. The van der Waals surface area contributed by atoms with Gasteiger partial charge in [0.1, 0.15) is 4.90 Å². The minimum absolute atomic E-state index is 0.0674. The van der Waals surface area contributed by atoms with E-state index in [2.05, 4.69) is 25.5 Å². The van der Waals surface area contributed by atoms with Gasteiger partial charge in [-0.25, -0.2) is 32.0 Å². The third kappa shape index (κ3) is 3.79. The van der Waals surface area contributed by atoms with Gasteiger partial charge in [0.2, 0.25) is 15.9 Å². The molecule has 1 fully saturated rings. The molecule has 0 radical (unpaired) electrons. The Morgan fingerprint density at radius 3 is 2.37 bits per heavy atom. The number of hydrogen-bond donors (Lipinski definition) is 4. The molecule has 0 unspecified atom stereocenters. The second kappa shape index (κ2) is 8.13. The summed E-state index contributed by atoms with van der Waals surface area (Å²) in [6.07, 6.45) is 0. The van der Waals surface area contributed by atoms with E-state index in [4.69, 9.17) is 16.6 Å². The molecule has 2 aliphatic heterocycles. The van der Waals surface area contributed by atoms with Crippen LogP contribution in [-0.2, 0) is 19.9 Å². The molecule has 182 valence electrons. The summed E-state index contributed by atoms with van der Waals surface area (Å²) in [5.74, 6) is -0.789. The number of carbonyl (C=O) groups is 1. The maximum absolute atomic E-state index is 13.3. The summed E-state index contributed by atoms with van der Waals surface area (Å²) < 4.78 is 52.7. The van der Waals surface area contributed by atoms with E-state index in [0.29, 0.717) is 10.3 Å². The number of carbonyl (C=O) groups excluding carboxylic acids is 1. The first-order chi connectivity index (χ1) is 16.5. The van der Waals surface area contributed by atoms with Crippen LogP contribution in [0.5, 0.6) is 0 Å². The van der Waals surface area contributed by atoms with Crippen molar-refractivity contribution in [3.8, 4) is 11.1 Å². The molecule has 5 rings (SSSR count). The highest BCUT2D eigenvalue weighted by molar-refractivity contribution is 7.94. The first-order valence-electron chi connectivity index (χ1n) is 10.1. The number of nitrogens with two attached hydrogens (primary N) is 3. The van der Waals surface area contributed by atoms with Crippen LogP contribution in [0.2, 0.25) is 0 Å². The van der Waals surface area contributed by atoms with Crippen LogP contribution in [0.4, 0.5) is 5.13 Å². The molecule has 3 heterocycles. The van der Waals surface area contributed by atoms with Crippen molar-refractivity contribution in [2.45, 2.75) is 15.0 Å². The van der Waals surface area contributed by atoms with Gasteiger partial charge in [0, 0.05) is 18.7 Å². The molecule has 1 aromatic heterocycles. The summed E-state index contributed by atoms with van der Waals surface area (Å²) >= 11 is 1.03. The van der Waals surface area contributed by atoms with Gasteiger partial charge in [0.05, 0.1) is 31.5 Å². The van der Waals surface area contributed by atoms with E-state index < -0.39 is 40.8 Å². The van der Waals surface area contributed by atoms with Crippen molar-refractivity contribution in [3.05, 3.63) is 35.4 Å². The Kier molecular flexibility index (Phi) is 5.44. The monoisotopic (exact) mass is 534 g/mol. The van der Waals surface area contributed by atoms with Gasteiger partial charge in [-0.1, -0.05) is 23.5 Å². The molecular formula is C19H18N8O5S3. The summed E-state index contributed by atoms with van der Waals surface area (Å²) in [6.45, 7) is 0.289. The number of primary sulfonamides is 1. The molecule has 7 N–H and O–H groups in total. The van der Waals surface area contributed by atoms with Crippen molar-refractivity contribution in [1.82, 2.24) is 10.3 Å². The Morgan fingerprint density at radius 1 is 1.09 bits per heavy atom. The first kappa shape index (κ1) is 23.4. The van der Waals surface area contributed by atoms with Gasteiger partial charge in [-0.15, -0.1) is 5.11 Å². The Hall–Kier alpha value is -3.31. The topological polar surface area (TPSA) is 225 Å². The average Bonchev–Trinajstić information content (AvgIpc) is 3.38. The lowest BCUT2D eigenvalue weighted by atomic mass is 9.96. The van der Waals surface area contributed by atoms with Crippen LogP contribution in [0.15, 0.2) is 49.3 Å². The third-order valence-corrected chi connectivity index (χ3v) is 9.89. The fourth-order valence-electron chi connectivity index (χ4n) is 3.97. The smallest absolute Gasteiger partial charge is 0.250 e. The van der Waals surface area contributed by atoms with E-state index in [1.807, 2.05) is 0 Å². The molecule has 3 aromatic rings. The number of nitrogen functional groups attached to an aromatic ring is 1. The number of fused-ring (bicyclic) bond motifs is 1. The summed E-state index contributed by atoms with van der Waals surface area (Å²) in [6, 6.07) is 5.61. The molecule has 0 bridgehead atoms. The molecule has 1 saturated heterocycles. The fourth-order valence-corrected chi connectivity index (χ4v) is 8.03. The molecule has 0 saturated carbocycles. The first-order valence-corrected chi connectivity index (χ1v) is 14.0. The third-order valence-electron chi connectivity index (χ3n) is 5.68. The van der Waals surface area contributed by atoms with Gasteiger partial charge in [0.15, 0.2) is 27.5 Å². The Labute approximate surface area is 203 Å². The van der Waals surface area contributed by atoms with Crippen LogP contribution >= 0.6 is 11.3 Å². The molecule has 0 aliphatic carbocycles. The zero-order valence-corrected chi connectivity index (χ0v) is 20.2. The quantitative estimate of drug-likeness (QED) is 0.341. The number of aromatic nitrogens is 1. The number of thiazole rings is 1. The number of hydrogen-bond acceptors (Lipinski definition) is 12. The summed E-state index contributed by atoms with van der Waals surface area (Å²) in [5, 5.41) is 15.5. The molecule has 13 nitrogen and oxygen atoms in total. The minimum Gasteiger partial charge on any atom is -0.375 e. The predicted molar refractivity (Wildman–Crippen MR) is 129 cm³/mol. The second-order valence-corrected chi connectivity index (χ2v) is 12.5. The molecule has 35 heavy (non-hydrogen) atoms. The van der Waals surface area contributed by atoms with Gasteiger partial charge < -0.3 is 16.8 Å². The van der Waals surface area contributed by atoms with Gasteiger partial charge in [-0.05, 0) is 17.7 Å². The van der Waals surface area contributed by atoms with Crippen molar-refractivity contribution >= 4 is 58.3 Å². The number of sulfonamides is 1. The molecule has 0 spiro atoms. The maximum atomic E-state index is 13.3. The molecule has 16 heteroatoms. The zero-order chi connectivity index (χ0) is 25.1. The molecular weight excluding hydrogens is 516 g/mol. The molecule has 0 atom stereocenters. The highest BCUT2D eigenvalue weighted by Crippen LogP contribution is 2.41. The number of azo groups is 1. The maximum Gasteiger partial charge on any atom is 0.250 e. The highest BCUT2D eigenvalue weighted by Gasteiger charge is 2.39. The van der Waals surface area contributed by atoms with E-state index in [0.717, 1.165) is 11.3 Å². The number of primary amides is 1. The van der Waals surface area contributed by atoms with Gasteiger partial charge >= 0.3 is 0 Å². The van der Waals surface area contributed by atoms with E-state index in [9.17, 15) is 21.6 Å².